The Hall–Kier alpha value is -6.78. The molecule has 0 N–H and O–H groups in total. The molecule has 10 rings (SSSR count). The molecule has 0 aliphatic heterocycles. The van der Waals surface area contributed by atoms with Gasteiger partial charge < -0.3 is 9.13 Å². The molecule has 0 aliphatic carbocycles. The molecule has 0 amide bonds. The van der Waals surface area contributed by atoms with Crippen LogP contribution in [0.5, 0.6) is 0 Å². The van der Waals surface area contributed by atoms with Gasteiger partial charge in [-0.2, -0.15) is 0 Å². The van der Waals surface area contributed by atoms with Crippen LogP contribution in [-0.4, -0.2) is 19.1 Å². The first kappa shape index (κ1) is 31.9. The normalized spacial score (nSPS) is 11.7. The molecule has 3 aromatic heterocycles. The zero-order chi connectivity index (χ0) is 36.5. The van der Waals surface area contributed by atoms with Gasteiger partial charge in [0.2, 0.25) is 0 Å². The molecule has 10 aromatic rings. The predicted octanol–water partition coefficient (Wildman–Crippen LogP) is 12.9. The Balaban J connectivity index is 1.47. The van der Waals surface area contributed by atoms with Crippen molar-refractivity contribution in [1.82, 2.24) is 19.1 Å². The molecule has 0 unspecified atom stereocenters. The lowest BCUT2D eigenvalue weighted by Crippen LogP contribution is -2.03. The third-order valence-electron chi connectivity index (χ3n) is 11.0. The standard InChI is InChI=1S/C50H38N4/c1-31-17-15-18-32(2)46(31)53-43-27-13-11-25-37(43)39-29-40(42-30-41(35-21-7-5-8-22-35)51-50(52-42)36-23-9-6-10-24-36)49-45(48(39)53)38-26-12-14-28-44(38)54(49)47-33(3)19-16-20-34(47)4/h5-30H,1-4H3. The van der Waals surface area contributed by atoms with E-state index in [-0.39, 0.29) is 0 Å². The molecule has 0 spiro atoms. The van der Waals surface area contributed by atoms with Crippen molar-refractivity contribution in [2.24, 2.45) is 0 Å². The number of rotatable bonds is 5. The van der Waals surface area contributed by atoms with Gasteiger partial charge in [0, 0.05) is 38.2 Å². The molecule has 0 bridgehead atoms. The maximum absolute atomic E-state index is 5.45. The Morgan fingerprint density at radius 3 is 1.48 bits per heavy atom. The van der Waals surface area contributed by atoms with Crippen LogP contribution >= 0.6 is 0 Å². The summed E-state index contributed by atoms with van der Waals surface area (Å²) in [6, 6.07) is 56.4. The zero-order valence-electron chi connectivity index (χ0n) is 30.8. The van der Waals surface area contributed by atoms with Gasteiger partial charge in [0.1, 0.15) is 0 Å². The van der Waals surface area contributed by atoms with E-state index in [9.17, 15) is 0 Å². The molecular formula is C50H38N4. The Morgan fingerprint density at radius 1 is 0.389 bits per heavy atom. The van der Waals surface area contributed by atoms with Crippen molar-refractivity contribution >= 4 is 43.6 Å². The van der Waals surface area contributed by atoms with Crippen molar-refractivity contribution in [1.29, 1.82) is 0 Å². The van der Waals surface area contributed by atoms with Crippen molar-refractivity contribution in [3.8, 4) is 45.3 Å². The number of benzene rings is 7. The van der Waals surface area contributed by atoms with Crippen LogP contribution in [0.15, 0.2) is 158 Å². The highest BCUT2D eigenvalue weighted by molar-refractivity contribution is 6.29. The first-order valence-corrected chi connectivity index (χ1v) is 18.6. The minimum Gasteiger partial charge on any atom is -0.308 e. The maximum Gasteiger partial charge on any atom is 0.160 e. The van der Waals surface area contributed by atoms with E-state index in [4.69, 9.17) is 9.97 Å². The molecule has 7 aromatic carbocycles. The van der Waals surface area contributed by atoms with Crippen molar-refractivity contribution in [2.75, 3.05) is 0 Å². The number of fused-ring (bicyclic) bond motifs is 7. The average molecular weight is 695 g/mol. The van der Waals surface area contributed by atoms with Gasteiger partial charge in [0.15, 0.2) is 5.82 Å². The minimum atomic E-state index is 0.702. The number of aromatic nitrogens is 4. The van der Waals surface area contributed by atoms with Crippen LogP contribution in [0.2, 0.25) is 0 Å². The molecule has 0 atom stereocenters. The average Bonchev–Trinajstić information content (AvgIpc) is 3.71. The highest BCUT2D eigenvalue weighted by Crippen LogP contribution is 2.47. The molecule has 0 fully saturated rings. The first-order chi connectivity index (χ1) is 26.5. The third-order valence-corrected chi connectivity index (χ3v) is 11.0. The Morgan fingerprint density at radius 2 is 0.870 bits per heavy atom. The van der Waals surface area contributed by atoms with Crippen LogP contribution in [-0.2, 0) is 0 Å². The van der Waals surface area contributed by atoms with Crippen molar-refractivity contribution < 1.29 is 0 Å². The van der Waals surface area contributed by atoms with Crippen molar-refractivity contribution in [3.05, 3.63) is 180 Å². The van der Waals surface area contributed by atoms with Gasteiger partial charge in [0.05, 0.1) is 44.8 Å². The summed E-state index contributed by atoms with van der Waals surface area (Å²) in [4.78, 5) is 10.6. The lowest BCUT2D eigenvalue weighted by Gasteiger charge is -2.18. The van der Waals surface area contributed by atoms with Crippen LogP contribution in [0.25, 0.3) is 88.9 Å². The predicted molar refractivity (Wildman–Crippen MR) is 226 cm³/mol. The molecule has 4 heteroatoms. The monoisotopic (exact) mass is 694 g/mol. The molecule has 3 heterocycles. The molecule has 258 valence electrons. The summed E-state index contributed by atoms with van der Waals surface area (Å²) in [5.74, 6) is 0.702. The van der Waals surface area contributed by atoms with Crippen LogP contribution in [0, 0.1) is 27.7 Å². The second kappa shape index (κ2) is 12.4. The van der Waals surface area contributed by atoms with Gasteiger partial charge in [-0.1, -0.05) is 133 Å². The fourth-order valence-corrected chi connectivity index (χ4v) is 8.64. The van der Waals surface area contributed by atoms with Gasteiger partial charge in [-0.05, 0) is 74.2 Å². The number of hydrogen-bond acceptors (Lipinski definition) is 2. The van der Waals surface area contributed by atoms with E-state index in [2.05, 4.69) is 188 Å². The maximum atomic E-state index is 5.45. The summed E-state index contributed by atoms with van der Waals surface area (Å²) in [6.45, 7) is 8.90. The van der Waals surface area contributed by atoms with E-state index in [1.807, 2.05) is 6.07 Å². The van der Waals surface area contributed by atoms with Gasteiger partial charge >= 0.3 is 0 Å². The molecule has 0 saturated carbocycles. The van der Waals surface area contributed by atoms with Crippen LogP contribution in [0.3, 0.4) is 0 Å². The number of aryl methyl sites for hydroxylation is 4. The summed E-state index contributed by atoms with van der Waals surface area (Å²) in [7, 11) is 0. The smallest absolute Gasteiger partial charge is 0.160 e. The number of para-hydroxylation sites is 4. The minimum absolute atomic E-state index is 0.702. The summed E-state index contributed by atoms with van der Waals surface area (Å²) in [5.41, 5.74) is 16.9. The van der Waals surface area contributed by atoms with Gasteiger partial charge in [0.25, 0.3) is 0 Å². The fraction of sp³-hybridized carbons (Fsp3) is 0.0800. The second-order valence-corrected chi connectivity index (χ2v) is 14.4. The van der Waals surface area contributed by atoms with E-state index in [1.54, 1.807) is 0 Å². The van der Waals surface area contributed by atoms with Crippen molar-refractivity contribution in [3.63, 3.8) is 0 Å². The van der Waals surface area contributed by atoms with Crippen LogP contribution in [0.4, 0.5) is 0 Å². The summed E-state index contributed by atoms with van der Waals surface area (Å²) in [5, 5.41) is 4.82. The topological polar surface area (TPSA) is 35.6 Å². The quantitative estimate of drug-likeness (QED) is 0.180. The summed E-state index contributed by atoms with van der Waals surface area (Å²) < 4.78 is 5.02. The highest BCUT2D eigenvalue weighted by Gasteiger charge is 2.27. The van der Waals surface area contributed by atoms with E-state index in [0.29, 0.717) is 5.82 Å². The fourth-order valence-electron chi connectivity index (χ4n) is 8.64. The zero-order valence-corrected chi connectivity index (χ0v) is 30.8. The molecule has 54 heavy (non-hydrogen) atoms. The molecule has 0 saturated heterocycles. The summed E-state index contributed by atoms with van der Waals surface area (Å²) in [6.07, 6.45) is 0. The van der Waals surface area contributed by atoms with Gasteiger partial charge in [-0.3, -0.25) is 0 Å². The van der Waals surface area contributed by atoms with Crippen molar-refractivity contribution in [2.45, 2.75) is 27.7 Å². The molecule has 0 radical (unpaired) electrons. The Bertz CT molecular complexity index is 2980. The number of hydrogen-bond donors (Lipinski definition) is 0. The highest BCUT2D eigenvalue weighted by atomic mass is 15.0. The molecular weight excluding hydrogens is 657 g/mol. The van der Waals surface area contributed by atoms with Gasteiger partial charge in [-0.25, -0.2) is 9.97 Å². The van der Waals surface area contributed by atoms with Crippen LogP contribution < -0.4 is 0 Å². The third kappa shape index (κ3) is 4.84. The Labute approximate surface area is 314 Å². The first-order valence-electron chi connectivity index (χ1n) is 18.6. The summed E-state index contributed by atoms with van der Waals surface area (Å²) >= 11 is 0. The molecule has 0 aliphatic rings. The van der Waals surface area contributed by atoms with E-state index in [0.717, 1.165) is 39.1 Å². The van der Waals surface area contributed by atoms with Crippen LogP contribution in [0.1, 0.15) is 22.3 Å². The van der Waals surface area contributed by atoms with Gasteiger partial charge in [-0.15, -0.1) is 0 Å². The second-order valence-electron chi connectivity index (χ2n) is 14.4. The Kier molecular flexibility index (Phi) is 7.34. The SMILES string of the molecule is Cc1cccc(C)c1-n1c2ccccc2c2c1c(-c1cc(-c3ccccc3)nc(-c3ccccc3)n1)cc1c3ccccc3n(-c3c(C)cccc3C)c12. The lowest BCUT2D eigenvalue weighted by molar-refractivity contribution is 1.11. The largest absolute Gasteiger partial charge is 0.308 e. The van der Waals surface area contributed by atoms with E-state index < -0.39 is 0 Å². The molecule has 4 nitrogen and oxygen atoms in total. The van der Waals surface area contributed by atoms with E-state index in [1.165, 1.54) is 66.2 Å². The lowest BCUT2D eigenvalue weighted by atomic mass is 9.99. The number of nitrogens with zero attached hydrogens (tertiary/aromatic N) is 4. The van der Waals surface area contributed by atoms with E-state index >= 15 is 0 Å².